The molecule has 1 heterocycles. The highest BCUT2D eigenvalue weighted by Crippen LogP contribution is 2.27. The standard InChI is InChI=1S/C23H32N4O3/c1-2-24-23(25-16-20(28)18-30-17-19-8-4-3-5-9-19)27-14-12-26(13-15-27)21-10-6-7-11-22(21)29/h3-11,20,28-29H,2,12-18H2,1H3,(H,24,25). The fourth-order valence-corrected chi connectivity index (χ4v) is 3.45. The van der Waals surface area contributed by atoms with Gasteiger partial charge in [0, 0.05) is 32.7 Å². The third-order valence-corrected chi connectivity index (χ3v) is 5.01. The van der Waals surface area contributed by atoms with Crippen LogP contribution in [0.25, 0.3) is 0 Å². The lowest BCUT2D eigenvalue weighted by Crippen LogP contribution is -2.52. The number of hydrogen-bond donors (Lipinski definition) is 3. The second-order valence-electron chi connectivity index (χ2n) is 7.31. The average molecular weight is 413 g/mol. The maximum absolute atomic E-state index is 10.2. The monoisotopic (exact) mass is 412 g/mol. The Morgan fingerprint density at radius 1 is 1.07 bits per heavy atom. The summed E-state index contributed by atoms with van der Waals surface area (Å²) < 4.78 is 5.61. The summed E-state index contributed by atoms with van der Waals surface area (Å²) >= 11 is 0. The van der Waals surface area contributed by atoms with Crippen LogP contribution in [0, 0.1) is 0 Å². The van der Waals surface area contributed by atoms with Crippen LogP contribution >= 0.6 is 0 Å². The number of benzene rings is 2. The second-order valence-corrected chi connectivity index (χ2v) is 7.31. The number of phenols is 1. The summed E-state index contributed by atoms with van der Waals surface area (Å²) in [7, 11) is 0. The minimum atomic E-state index is -0.648. The molecule has 1 saturated heterocycles. The van der Waals surface area contributed by atoms with E-state index in [-0.39, 0.29) is 13.2 Å². The molecule has 1 atom stereocenters. The maximum atomic E-state index is 10.2. The molecule has 1 fully saturated rings. The molecular weight excluding hydrogens is 380 g/mol. The first kappa shape index (κ1) is 21.9. The van der Waals surface area contributed by atoms with Crippen LogP contribution in [0.1, 0.15) is 12.5 Å². The van der Waals surface area contributed by atoms with Crippen molar-refractivity contribution in [3.8, 4) is 5.75 Å². The van der Waals surface area contributed by atoms with E-state index in [2.05, 4.69) is 20.1 Å². The van der Waals surface area contributed by atoms with Crippen LogP contribution in [-0.2, 0) is 11.3 Å². The van der Waals surface area contributed by atoms with Gasteiger partial charge in [-0.25, -0.2) is 0 Å². The van der Waals surface area contributed by atoms with E-state index in [1.807, 2.05) is 55.5 Å². The molecule has 2 aromatic carbocycles. The topological polar surface area (TPSA) is 80.6 Å². The van der Waals surface area contributed by atoms with E-state index in [1.165, 1.54) is 0 Å². The number of para-hydroxylation sites is 2. The maximum Gasteiger partial charge on any atom is 0.194 e. The van der Waals surface area contributed by atoms with Gasteiger partial charge in [0.2, 0.25) is 0 Å². The molecule has 0 amide bonds. The Hall–Kier alpha value is -2.77. The van der Waals surface area contributed by atoms with Gasteiger partial charge in [-0.05, 0) is 24.6 Å². The number of aromatic hydroxyl groups is 1. The van der Waals surface area contributed by atoms with Crippen LogP contribution in [0.15, 0.2) is 59.6 Å². The number of phenolic OH excluding ortho intramolecular Hbond substituents is 1. The van der Waals surface area contributed by atoms with Gasteiger partial charge in [0.15, 0.2) is 5.96 Å². The first-order chi connectivity index (χ1) is 14.7. The Bertz CT molecular complexity index is 792. The molecule has 0 spiro atoms. The summed E-state index contributed by atoms with van der Waals surface area (Å²) in [6.45, 7) is 6.99. The van der Waals surface area contributed by atoms with Crippen molar-refractivity contribution in [1.29, 1.82) is 0 Å². The van der Waals surface area contributed by atoms with Gasteiger partial charge in [-0.15, -0.1) is 0 Å². The molecule has 0 aromatic heterocycles. The highest BCUT2D eigenvalue weighted by molar-refractivity contribution is 5.80. The van der Waals surface area contributed by atoms with Crippen molar-refractivity contribution >= 4 is 11.6 Å². The Kier molecular flexibility index (Phi) is 8.35. The van der Waals surface area contributed by atoms with Gasteiger partial charge >= 0.3 is 0 Å². The largest absolute Gasteiger partial charge is 0.506 e. The summed E-state index contributed by atoms with van der Waals surface area (Å²) in [6, 6.07) is 17.4. The summed E-state index contributed by atoms with van der Waals surface area (Å²) in [4.78, 5) is 8.99. The van der Waals surface area contributed by atoms with E-state index >= 15 is 0 Å². The van der Waals surface area contributed by atoms with Crippen LogP contribution in [0.5, 0.6) is 5.75 Å². The molecule has 0 radical (unpaired) electrons. The lowest BCUT2D eigenvalue weighted by molar-refractivity contribution is 0.0330. The van der Waals surface area contributed by atoms with Gasteiger partial charge in [0.25, 0.3) is 0 Å². The zero-order valence-corrected chi connectivity index (χ0v) is 17.6. The number of aliphatic hydroxyl groups excluding tert-OH is 1. The minimum Gasteiger partial charge on any atom is -0.506 e. The smallest absolute Gasteiger partial charge is 0.194 e. The van der Waals surface area contributed by atoms with Crippen molar-refractivity contribution in [3.05, 3.63) is 60.2 Å². The summed E-state index contributed by atoms with van der Waals surface area (Å²) in [5, 5.41) is 23.6. The molecular formula is C23H32N4O3. The molecule has 7 heteroatoms. The lowest BCUT2D eigenvalue weighted by atomic mass is 10.2. The first-order valence-electron chi connectivity index (χ1n) is 10.5. The zero-order chi connectivity index (χ0) is 21.2. The van der Waals surface area contributed by atoms with Crippen molar-refractivity contribution < 1.29 is 14.9 Å². The molecule has 1 aliphatic heterocycles. The number of nitrogens with zero attached hydrogens (tertiary/aromatic N) is 3. The molecule has 2 aromatic rings. The fraction of sp³-hybridized carbons (Fsp3) is 0.435. The van der Waals surface area contributed by atoms with E-state index < -0.39 is 6.10 Å². The molecule has 1 unspecified atom stereocenters. The number of piperazine rings is 1. The molecule has 3 N–H and O–H groups in total. The normalized spacial score (nSPS) is 15.9. The quantitative estimate of drug-likeness (QED) is 0.455. The fourth-order valence-electron chi connectivity index (χ4n) is 3.45. The molecule has 162 valence electrons. The SMILES string of the molecule is CCNC(=NCC(O)COCc1ccccc1)N1CCN(c2ccccc2O)CC1. The predicted octanol–water partition coefficient (Wildman–Crippen LogP) is 2.06. The highest BCUT2D eigenvalue weighted by Gasteiger charge is 2.21. The Morgan fingerprint density at radius 2 is 1.77 bits per heavy atom. The average Bonchev–Trinajstić information content (AvgIpc) is 2.78. The number of nitrogens with one attached hydrogen (secondary N) is 1. The van der Waals surface area contributed by atoms with Crippen LogP contribution in [0.2, 0.25) is 0 Å². The van der Waals surface area contributed by atoms with E-state index in [0.29, 0.717) is 12.4 Å². The molecule has 7 nitrogen and oxygen atoms in total. The minimum absolute atomic E-state index is 0.249. The van der Waals surface area contributed by atoms with E-state index in [9.17, 15) is 10.2 Å². The number of guanidine groups is 1. The Balaban J connectivity index is 1.47. The molecule has 0 saturated carbocycles. The van der Waals surface area contributed by atoms with Crippen LogP contribution in [0.3, 0.4) is 0 Å². The van der Waals surface area contributed by atoms with Gasteiger partial charge in [-0.2, -0.15) is 0 Å². The number of ether oxygens (including phenoxy) is 1. The van der Waals surface area contributed by atoms with E-state index in [1.54, 1.807) is 6.07 Å². The number of hydrogen-bond acceptors (Lipinski definition) is 5. The van der Waals surface area contributed by atoms with Gasteiger partial charge in [-0.1, -0.05) is 42.5 Å². The van der Waals surface area contributed by atoms with Crippen LogP contribution < -0.4 is 10.2 Å². The third-order valence-electron chi connectivity index (χ3n) is 5.01. The van der Waals surface area contributed by atoms with Gasteiger partial charge < -0.3 is 30.1 Å². The number of rotatable bonds is 8. The lowest BCUT2D eigenvalue weighted by Gasteiger charge is -2.38. The highest BCUT2D eigenvalue weighted by atomic mass is 16.5. The van der Waals surface area contributed by atoms with Gasteiger partial charge in [0.1, 0.15) is 5.75 Å². The van der Waals surface area contributed by atoms with Crippen LogP contribution in [-0.4, -0.2) is 73.1 Å². The Labute approximate surface area is 178 Å². The Morgan fingerprint density at radius 3 is 2.47 bits per heavy atom. The summed E-state index contributed by atoms with van der Waals surface area (Å²) in [6.07, 6.45) is -0.648. The summed E-state index contributed by atoms with van der Waals surface area (Å²) in [5.41, 5.74) is 1.95. The van der Waals surface area contributed by atoms with Crippen molar-refractivity contribution in [2.45, 2.75) is 19.6 Å². The van der Waals surface area contributed by atoms with Gasteiger partial charge in [-0.3, -0.25) is 4.99 Å². The molecule has 3 rings (SSSR count). The van der Waals surface area contributed by atoms with E-state index in [4.69, 9.17) is 4.74 Å². The first-order valence-corrected chi connectivity index (χ1v) is 10.5. The number of anilines is 1. The van der Waals surface area contributed by atoms with E-state index in [0.717, 1.165) is 49.9 Å². The second kappa shape index (κ2) is 11.4. The molecule has 30 heavy (non-hydrogen) atoms. The van der Waals surface area contributed by atoms with Crippen LogP contribution in [0.4, 0.5) is 5.69 Å². The molecule has 1 aliphatic rings. The predicted molar refractivity (Wildman–Crippen MR) is 120 cm³/mol. The van der Waals surface area contributed by atoms with Crippen molar-refractivity contribution in [1.82, 2.24) is 10.2 Å². The number of aliphatic imine (C=N–C) groups is 1. The molecule has 0 bridgehead atoms. The van der Waals surface area contributed by atoms with Crippen molar-refractivity contribution in [3.63, 3.8) is 0 Å². The third kappa shape index (κ3) is 6.37. The van der Waals surface area contributed by atoms with Crippen molar-refractivity contribution in [2.75, 3.05) is 50.8 Å². The number of aliphatic hydroxyl groups is 1. The summed E-state index contributed by atoms with van der Waals surface area (Å²) in [5.74, 6) is 1.11. The zero-order valence-electron chi connectivity index (χ0n) is 17.6. The molecule has 0 aliphatic carbocycles. The van der Waals surface area contributed by atoms with Crippen molar-refractivity contribution in [2.24, 2.45) is 4.99 Å². The van der Waals surface area contributed by atoms with Gasteiger partial charge in [0.05, 0.1) is 31.5 Å².